The molecule has 2 aromatic heterocycles. The Labute approximate surface area is 137 Å². The third kappa shape index (κ3) is 2.82. The first kappa shape index (κ1) is 14.3. The smallest absolute Gasteiger partial charge is 0.162 e. The summed E-state index contributed by atoms with van der Waals surface area (Å²) in [5.41, 5.74) is 2.37. The summed E-state index contributed by atoms with van der Waals surface area (Å²) >= 11 is 6.08. The van der Waals surface area contributed by atoms with Crippen molar-refractivity contribution in [3.63, 3.8) is 0 Å². The van der Waals surface area contributed by atoms with E-state index in [1.807, 2.05) is 13.0 Å². The topological polar surface area (TPSA) is 54.2 Å². The second-order valence-corrected chi connectivity index (χ2v) is 6.16. The Morgan fingerprint density at radius 3 is 2.87 bits per heavy atom. The quantitative estimate of drug-likeness (QED) is 0.754. The SMILES string of the molecule is Cc1cnn2c(NC3CC3)cc(Nc3ccc(F)cc3Cl)nc12. The van der Waals surface area contributed by atoms with Gasteiger partial charge in [0.15, 0.2) is 5.65 Å². The van der Waals surface area contributed by atoms with Gasteiger partial charge < -0.3 is 10.6 Å². The minimum Gasteiger partial charge on any atom is -0.367 e. The second kappa shape index (κ2) is 5.38. The van der Waals surface area contributed by atoms with Gasteiger partial charge in [-0.1, -0.05) is 11.6 Å². The Bertz CT molecular complexity index is 888. The second-order valence-electron chi connectivity index (χ2n) is 5.76. The van der Waals surface area contributed by atoms with Crippen LogP contribution >= 0.6 is 11.6 Å². The van der Waals surface area contributed by atoms with E-state index in [0.29, 0.717) is 22.6 Å². The molecule has 2 N–H and O–H groups in total. The molecule has 1 aliphatic rings. The van der Waals surface area contributed by atoms with Crippen LogP contribution in [0.5, 0.6) is 0 Å². The predicted octanol–water partition coefficient (Wildman–Crippen LogP) is 4.15. The highest BCUT2D eigenvalue weighted by atomic mass is 35.5. The standard InChI is InChI=1S/C16H15ClFN5/c1-9-8-19-23-15(20-11-3-4-11)7-14(22-16(9)23)21-13-5-2-10(18)6-12(13)17/h2,5-8,11,20H,3-4H2,1H3,(H,21,22). The fourth-order valence-electron chi connectivity index (χ4n) is 2.41. The normalized spacial score (nSPS) is 14.2. The molecule has 118 valence electrons. The average molecular weight is 332 g/mol. The van der Waals surface area contributed by atoms with Crippen molar-refractivity contribution in [3.05, 3.63) is 46.9 Å². The summed E-state index contributed by atoms with van der Waals surface area (Å²) < 4.78 is 15.0. The van der Waals surface area contributed by atoms with Crippen LogP contribution in [-0.4, -0.2) is 20.6 Å². The van der Waals surface area contributed by atoms with Crippen LogP contribution < -0.4 is 10.6 Å². The molecule has 5 nitrogen and oxygen atoms in total. The number of nitrogens with one attached hydrogen (secondary N) is 2. The van der Waals surface area contributed by atoms with E-state index < -0.39 is 0 Å². The minimum atomic E-state index is -0.369. The molecule has 1 aliphatic carbocycles. The molecule has 0 radical (unpaired) electrons. The van der Waals surface area contributed by atoms with Crippen LogP contribution in [-0.2, 0) is 0 Å². The van der Waals surface area contributed by atoms with Crippen molar-refractivity contribution in [2.45, 2.75) is 25.8 Å². The van der Waals surface area contributed by atoms with E-state index >= 15 is 0 Å². The molecule has 2 heterocycles. The summed E-state index contributed by atoms with van der Waals surface area (Å²) in [6, 6.07) is 6.61. The van der Waals surface area contributed by atoms with Gasteiger partial charge in [-0.25, -0.2) is 9.37 Å². The molecule has 0 amide bonds. The van der Waals surface area contributed by atoms with Gasteiger partial charge in [-0.15, -0.1) is 0 Å². The maximum atomic E-state index is 13.2. The largest absolute Gasteiger partial charge is 0.367 e. The Morgan fingerprint density at radius 1 is 1.30 bits per heavy atom. The summed E-state index contributed by atoms with van der Waals surface area (Å²) in [6.07, 6.45) is 4.11. The molecule has 0 aliphatic heterocycles. The van der Waals surface area contributed by atoms with Gasteiger partial charge in [0.05, 0.1) is 16.9 Å². The van der Waals surface area contributed by atoms with E-state index in [4.69, 9.17) is 11.6 Å². The molecule has 4 rings (SSSR count). The molecule has 0 saturated heterocycles. The number of hydrogen-bond acceptors (Lipinski definition) is 4. The maximum Gasteiger partial charge on any atom is 0.162 e. The maximum absolute atomic E-state index is 13.2. The Hall–Kier alpha value is -2.34. The van der Waals surface area contributed by atoms with Gasteiger partial charge in [-0.05, 0) is 38.0 Å². The first-order chi connectivity index (χ1) is 11.1. The minimum absolute atomic E-state index is 0.314. The van der Waals surface area contributed by atoms with Crippen LogP contribution in [0.25, 0.3) is 5.65 Å². The van der Waals surface area contributed by atoms with Crippen molar-refractivity contribution in [3.8, 4) is 0 Å². The molecule has 7 heteroatoms. The summed E-state index contributed by atoms with van der Waals surface area (Å²) in [5, 5.41) is 11.3. The van der Waals surface area contributed by atoms with Gasteiger partial charge >= 0.3 is 0 Å². The zero-order valence-electron chi connectivity index (χ0n) is 12.5. The fourth-order valence-corrected chi connectivity index (χ4v) is 2.62. The van der Waals surface area contributed by atoms with Gasteiger partial charge in [0, 0.05) is 17.7 Å². The van der Waals surface area contributed by atoms with Crippen molar-refractivity contribution in [1.82, 2.24) is 14.6 Å². The molecule has 0 spiro atoms. The van der Waals surface area contributed by atoms with Crippen LogP contribution in [0.4, 0.5) is 21.7 Å². The molecule has 1 saturated carbocycles. The van der Waals surface area contributed by atoms with Crippen molar-refractivity contribution in [2.75, 3.05) is 10.6 Å². The Balaban J connectivity index is 1.75. The highest BCUT2D eigenvalue weighted by molar-refractivity contribution is 6.33. The number of rotatable bonds is 4. The lowest BCUT2D eigenvalue weighted by Crippen LogP contribution is -2.09. The van der Waals surface area contributed by atoms with Gasteiger partial charge in [-0.3, -0.25) is 0 Å². The van der Waals surface area contributed by atoms with Gasteiger partial charge in [0.2, 0.25) is 0 Å². The predicted molar refractivity (Wildman–Crippen MR) is 89.1 cm³/mol. The summed E-state index contributed by atoms with van der Waals surface area (Å²) in [6.45, 7) is 1.96. The molecule has 0 bridgehead atoms. The van der Waals surface area contributed by atoms with Gasteiger partial charge in [-0.2, -0.15) is 9.61 Å². The third-order valence-electron chi connectivity index (χ3n) is 3.77. The monoisotopic (exact) mass is 331 g/mol. The summed E-state index contributed by atoms with van der Waals surface area (Å²) in [7, 11) is 0. The van der Waals surface area contributed by atoms with Crippen molar-refractivity contribution in [1.29, 1.82) is 0 Å². The molecule has 1 fully saturated rings. The van der Waals surface area contributed by atoms with Crippen LogP contribution in [0.15, 0.2) is 30.5 Å². The Kier molecular flexibility index (Phi) is 3.34. The van der Waals surface area contributed by atoms with Crippen molar-refractivity contribution in [2.24, 2.45) is 0 Å². The number of anilines is 3. The lowest BCUT2D eigenvalue weighted by Gasteiger charge is -2.12. The average Bonchev–Trinajstić information content (AvgIpc) is 3.25. The van der Waals surface area contributed by atoms with Gasteiger partial charge in [0.25, 0.3) is 0 Å². The van der Waals surface area contributed by atoms with E-state index in [1.165, 1.54) is 12.1 Å². The molecular formula is C16H15ClFN5. The van der Waals surface area contributed by atoms with Crippen LogP contribution in [0, 0.1) is 12.7 Å². The number of benzene rings is 1. The first-order valence-electron chi connectivity index (χ1n) is 7.44. The van der Waals surface area contributed by atoms with Crippen LogP contribution in [0.1, 0.15) is 18.4 Å². The van der Waals surface area contributed by atoms with Crippen LogP contribution in [0.2, 0.25) is 5.02 Å². The highest BCUT2D eigenvalue weighted by Gasteiger charge is 2.23. The number of aryl methyl sites for hydroxylation is 1. The molecular weight excluding hydrogens is 317 g/mol. The zero-order valence-corrected chi connectivity index (χ0v) is 13.2. The van der Waals surface area contributed by atoms with E-state index in [9.17, 15) is 4.39 Å². The van der Waals surface area contributed by atoms with Gasteiger partial charge in [0.1, 0.15) is 17.5 Å². The molecule has 1 aromatic carbocycles. The van der Waals surface area contributed by atoms with Crippen molar-refractivity contribution >= 4 is 34.6 Å². The lowest BCUT2D eigenvalue weighted by molar-refractivity contribution is 0.628. The lowest BCUT2D eigenvalue weighted by atomic mass is 10.3. The number of hydrogen-bond donors (Lipinski definition) is 2. The number of fused-ring (bicyclic) bond motifs is 1. The first-order valence-corrected chi connectivity index (χ1v) is 7.82. The highest BCUT2D eigenvalue weighted by Crippen LogP contribution is 2.29. The number of halogens is 2. The third-order valence-corrected chi connectivity index (χ3v) is 4.08. The Morgan fingerprint density at radius 2 is 2.13 bits per heavy atom. The molecule has 0 atom stereocenters. The van der Waals surface area contributed by atoms with E-state index in [0.717, 1.165) is 29.9 Å². The zero-order chi connectivity index (χ0) is 16.0. The summed E-state index contributed by atoms with van der Waals surface area (Å²) in [5.74, 6) is 1.15. The molecule has 0 unspecified atom stereocenters. The summed E-state index contributed by atoms with van der Waals surface area (Å²) in [4.78, 5) is 4.58. The van der Waals surface area contributed by atoms with E-state index in [1.54, 1.807) is 16.8 Å². The molecule has 23 heavy (non-hydrogen) atoms. The molecule has 3 aromatic rings. The fraction of sp³-hybridized carbons (Fsp3) is 0.250. The van der Waals surface area contributed by atoms with Crippen LogP contribution in [0.3, 0.4) is 0 Å². The van der Waals surface area contributed by atoms with E-state index in [-0.39, 0.29) is 5.82 Å². The van der Waals surface area contributed by atoms with Crippen molar-refractivity contribution < 1.29 is 4.39 Å². The van der Waals surface area contributed by atoms with E-state index in [2.05, 4.69) is 20.7 Å². The number of aromatic nitrogens is 3. The number of nitrogens with zero attached hydrogens (tertiary/aromatic N) is 3.